The van der Waals surface area contributed by atoms with Gasteiger partial charge in [-0.25, -0.2) is 0 Å². The summed E-state index contributed by atoms with van der Waals surface area (Å²) in [5.41, 5.74) is 1.44. The maximum atomic E-state index is 12.6. The summed E-state index contributed by atoms with van der Waals surface area (Å²) in [6.07, 6.45) is -0.603. The van der Waals surface area contributed by atoms with Crippen molar-refractivity contribution in [3.63, 3.8) is 0 Å². The average molecular weight is 350 g/mol. The van der Waals surface area contributed by atoms with Crippen LogP contribution in [-0.2, 0) is 9.59 Å². The molecule has 0 spiro atoms. The molecule has 26 heavy (non-hydrogen) atoms. The number of amides is 2. The highest BCUT2D eigenvalue weighted by Gasteiger charge is 2.36. The Morgan fingerprint density at radius 3 is 2.73 bits per heavy atom. The van der Waals surface area contributed by atoms with Crippen molar-refractivity contribution in [2.24, 2.45) is 0 Å². The van der Waals surface area contributed by atoms with Crippen molar-refractivity contribution >= 4 is 34.8 Å². The van der Waals surface area contributed by atoms with Crippen LogP contribution in [0.25, 0.3) is 0 Å². The Balaban J connectivity index is 1.60. The zero-order valence-electron chi connectivity index (χ0n) is 13.8. The van der Waals surface area contributed by atoms with Crippen molar-refractivity contribution in [1.29, 1.82) is 0 Å². The zero-order chi connectivity index (χ0) is 18.4. The zero-order valence-corrected chi connectivity index (χ0v) is 13.8. The first-order valence-corrected chi connectivity index (χ1v) is 8.05. The van der Waals surface area contributed by atoms with Gasteiger partial charge in [-0.2, -0.15) is 0 Å². The van der Waals surface area contributed by atoms with E-state index in [9.17, 15) is 19.2 Å². The van der Waals surface area contributed by atoms with Crippen molar-refractivity contribution in [2.75, 3.05) is 16.8 Å². The molecule has 0 saturated carbocycles. The normalized spacial score (nSPS) is 18.1. The van der Waals surface area contributed by atoms with Gasteiger partial charge in [0.1, 0.15) is 5.75 Å². The molecule has 0 aromatic heterocycles. The number of ether oxygens (including phenoxy) is 1. The number of nitrogens with one attached hydrogen (secondary N) is 1. The van der Waals surface area contributed by atoms with E-state index < -0.39 is 17.8 Å². The number of nitrogens with zero attached hydrogens (tertiary/aromatic N) is 1. The molecule has 0 radical (unpaired) electrons. The van der Waals surface area contributed by atoms with Crippen molar-refractivity contribution in [3.05, 3.63) is 53.6 Å². The molecule has 0 fully saturated rings. The molecule has 2 aliphatic rings. The lowest BCUT2D eigenvalue weighted by Gasteiger charge is -2.23. The summed E-state index contributed by atoms with van der Waals surface area (Å²) in [7, 11) is 0. The molecule has 2 aromatic rings. The maximum absolute atomic E-state index is 12.6. The van der Waals surface area contributed by atoms with Crippen LogP contribution >= 0.6 is 0 Å². The molecule has 4 rings (SSSR count). The monoisotopic (exact) mass is 350 g/mol. The molecule has 1 N–H and O–H groups in total. The molecule has 2 aliphatic heterocycles. The Hall–Kier alpha value is -3.48. The largest absolute Gasteiger partial charge is 0.479 e. The van der Waals surface area contributed by atoms with Crippen molar-refractivity contribution in [2.45, 2.75) is 13.0 Å². The smallest absolute Gasteiger partial charge is 0.299 e. The van der Waals surface area contributed by atoms with Gasteiger partial charge in [-0.05, 0) is 37.3 Å². The lowest BCUT2D eigenvalue weighted by Crippen LogP contribution is -2.35. The van der Waals surface area contributed by atoms with E-state index >= 15 is 0 Å². The summed E-state index contributed by atoms with van der Waals surface area (Å²) in [6.45, 7) is 1.37. The highest BCUT2D eigenvalue weighted by molar-refractivity contribution is 6.52. The van der Waals surface area contributed by atoms with E-state index in [1.807, 2.05) is 0 Å². The molecule has 2 heterocycles. The van der Waals surface area contributed by atoms with E-state index in [4.69, 9.17) is 4.74 Å². The van der Waals surface area contributed by atoms with Gasteiger partial charge in [-0.1, -0.05) is 12.1 Å². The third-order valence-corrected chi connectivity index (χ3v) is 4.41. The number of ketones is 2. The number of benzene rings is 2. The SMILES string of the molecule is CC1Oc2ccc(C(=O)CN3C(=O)C(=O)c4ccccc43)cc2NC1=O. The third kappa shape index (κ3) is 2.45. The molecule has 1 atom stereocenters. The molecule has 0 aliphatic carbocycles. The quantitative estimate of drug-likeness (QED) is 0.673. The number of carbonyl (C=O) groups is 4. The number of anilines is 2. The minimum atomic E-state index is -0.719. The molecular weight excluding hydrogens is 336 g/mol. The summed E-state index contributed by atoms with van der Waals surface area (Å²) in [4.78, 5) is 49.7. The van der Waals surface area contributed by atoms with Gasteiger partial charge in [0.05, 0.1) is 23.5 Å². The summed E-state index contributed by atoms with van der Waals surface area (Å²) in [5.74, 6) is -1.50. The van der Waals surface area contributed by atoms with Gasteiger partial charge >= 0.3 is 0 Å². The number of rotatable bonds is 3. The number of carbonyl (C=O) groups excluding carboxylic acids is 4. The second-order valence-corrected chi connectivity index (χ2v) is 6.12. The topological polar surface area (TPSA) is 92.8 Å². The molecule has 2 amide bonds. The van der Waals surface area contributed by atoms with Crippen molar-refractivity contribution in [1.82, 2.24) is 0 Å². The van der Waals surface area contributed by atoms with E-state index in [-0.39, 0.29) is 18.2 Å². The molecule has 2 aromatic carbocycles. The Bertz CT molecular complexity index is 982. The first-order chi connectivity index (χ1) is 12.5. The van der Waals surface area contributed by atoms with Crippen LogP contribution in [0, 0.1) is 0 Å². The van der Waals surface area contributed by atoms with Crippen LogP contribution in [0.1, 0.15) is 27.6 Å². The van der Waals surface area contributed by atoms with Gasteiger partial charge in [0.25, 0.3) is 17.6 Å². The first-order valence-electron chi connectivity index (χ1n) is 8.05. The van der Waals surface area contributed by atoms with E-state index in [0.29, 0.717) is 28.3 Å². The van der Waals surface area contributed by atoms with Gasteiger partial charge in [-0.3, -0.25) is 24.1 Å². The standard InChI is InChI=1S/C19H14N2O5/c1-10-18(24)20-13-8-11(6-7-16(13)26-10)15(22)9-21-14-5-3-2-4-12(14)17(23)19(21)25/h2-8,10H,9H2,1H3,(H,20,24). The van der Waals surface area contributed by atoms with Gasteiger partial charge < -0.3 is 10.1 Å². The first kappa shape index (κ1) is 16.0. The minimum absolute atomic E-state index is 0.258. The predicted molar refractivity (Wildman–Crippen MR) is 92.6 cm³/mol. The molecule has 7 nitrogen and oxygen atoms in total. The van der Waals surface area contributed by atoms with Crippen LogP contribution in [-0.4, -0.2) is 36.0 Å². The summed E-state index contributed by atoms with van der Waals surface area (Å²) >= 11 is 0. The summed E-state index contributed by atoms with van der Waals surface area (Å²) in [6, 6.07) is 11.2. The fourth-order valence-electron chi connectivity index (χ4n) is 3.02. The van der Waals surface area contributed by atoms with Crippen LogP contribution < -0.4 is 15.0 Å². The van der Waals surface area contributed by atoms with Crippen LogP contribution in [0.5, 0.6) is 5.75 Å². The molecule has 7 heteroatoms. The fraction of sp³-hybridized carbons (Fsp3) is 0.158. The number of hydrogen-bond acceptors (Lipinski definition) is 5. The molecular formula is C19H14N2O5. The number of fused-ring (bicyclic) bond motifs is 2. The highest BCUT2D eigenvalue weighted by atomic mass is 16.5. The summed E-state index contributed by atoms with van der Waals surface area (Å²) < 4.78 is 5.46. The lowest BCUT2D eigenvalue weighted by atomic mass is 10.1. The van der Waals surface area contributed by atoms with Crippen LogP contribution in [0.2, 0.25) is 0 Å². The molecule has 0 saturated heterocycles. The maximum Gasteiger partial charge on any atom is 0.299 e. The lowest BCUT2D eigenvalue weighted by molar-refractivity contribution is -0.122. The minimum Gasteiger partial charge on any atom is -0.479 e. The van der Waals surface area contributed by atoms with Gasteiger partial charge in [0.2, 0.25) is 0 Å². The second kappa shape index (κ2) is 5.80. The Morgan fingerprint density at radius 2 is 1.92 bits per heavy atom. The molecule has 0 bridgehead atoms. The van der Waals surface area contributed by atoms with Gasteiger partial charge in [-0.15, -0.1) is 0 Å². The van der Waals surface area contributed by atoms with Crippen LogP contribution in [0.4, 0.5) is 11.4 Å². The van der Waals surface area contributed by atoms with Crippen LogP contribution in [0.3, 0.4) is 0 Å². The fourth-order valence-corrected chi connectivity index (χ4v) is 3.02. The third-order valence-electron chi connectivity index (χ3n) is 4.41. The summed E-state index contributed by atoms with van der Waals surface area (Å²) in [5, 5.41) is 2.68. The van der Waals surface area contributed by atoms with E-state index in [1.54, 1.807) is 43.3 Å². The Labute approximate surface area is 148 Å². The molecule has 130 valence electrons. The molecule has 1 unspecified atom stereocenters. The van der Waals surface area contributed by atoms with E-state index in [0.717, 1.165) is 0 Å². The average Bonchev–Trinajstić information content (AvgIpc) is 2.87. The van der Waals surface area contributed by atoms with Gasteiger partial charge in [0.15, 0.2) is 11.9 Å². The number of Topliss-reactive ketones (excluding diaryl/α,β-unsaturated/α-hetero) is 2. The van der Waals surface area contributed by atoms with Crippen molar-refractivity contribution < 1.29 is 23.9 Å². The van der Waals surface area contributed by atoms with Crippen LogP contribution in [0.15, 0.2) is 42.5 Å². The van der Waals surface area contributed by atoms with Crippen molar-refractivity contribution in [3.8, 4) is 5.75 Å². The second-order valence-electron chi connectivity index (χ2n) is 6.12. The highest BCUT2D eigenvalue weighted by Crippen LogP contribution is 2.32. The Kier molecular flexibility index (Phi) is 3.57. The predicted octanol–water partition coefficient (Wildman–Crippen LogP) is 1.82. The van der Waals surface area contributed by atoms with E-state index in [2.05, 4.69) is 5.32 Å². The number of hydrogen-bond donors (Lipinski definition) is 1. The number of para-hydroxylation sites is 1. The Morgan fingerprint density at radius 1 is 1.15 bits per heavy atom. The van der Waals surface area contributed by atoms with E-state index in [1.165, 1.54) is 11.0 Å². The van der Waals surface area contributed by atoms with Gasteiger partial charge in [0, 0.05) is 5.56 Å².